The molecule has 1 aromatic carbocycles. The minimum Gasteiger partial charge on any atom is -0.376 e. The van der Waals surface area contributed by atoms with Gasteiger partial charge in [0, 0.05) is 11.6 Å². The fourth-order valence-electron chi connectivity index (χ4n) is 4.08. The Labute approximate surface area is 159 Å². The zero-order valence-electron chi connectivity index (χ0n) is 16.4. The van der Waals surface area contributed by atoms with E-state index in [1.807, 2.05) is 12.1 Å². The number of nitrogens with one attached hydrogen (secondary N) is 1. The molecule has 1 aliphatic heterocycles. The summed E-state index contributed by atoms with van der Waals surface area (Å²) in [5, 5.41) is 4.53. The van der Waals surface area contributed by atoms with E-state index in [0.29, 0.717) is 0 Å². The first-order chi connectivity index (χ1) is 11.8. The molecule has 3 nitrogen and oxygen atoms in total. The topological polar surface area (TPSA) is 24.5 Å². The molecule has 142 valence electrons. The van der Waals surface area contributed by atoms with Crippen molar-refractivity contribution in [3.05, 3.63) is 34.9 Å². The summed E-state index contributed by atoms with van der Waals surface area (Å²) in [5.41, 5.74) is 1.49. The summed E-state index contributed by atoms with van der Waals surface area (Å²) in [5.74, 6) is 0. The molecule has 1 fully saturated rings. The Morgan fingerprint density at radius 3 is 2.64 bits per heavy atom. The molecular formula is C21H35ClN2O. The fourth-order valence-corrected chi connectivity index (χ4v) is 4.29. The first kappa shape index (κ1) is 20.7. The zero-order chi connectivity index (χ0) is 18.3. The first-order valence-electron chi connectivity index (χ1n) is 9.55. The molecule has 1 atom stereocenters. The highest BCUT2D eigenvalue weighted by Crippen LogP contribution is 2.44. The smallest absolute Gasteiger partial charge is 0.0631 e. The molecule has 0 aromatic heterocycles. The van der Waals surface area contributed by atoms with Gasteiger partial charge in [0.2, 0.25) is 0 Å². The predicted octanol–water partition coefficient (Wildman–Crippen LogP) is 4.39. The van der Waals surface area contributed by atoms with Gasteiger partial charge in [0.05, 0.1) is 5.60 Å². The van der Waals surface area contributed by atoms with E-state index >= 15 is 0 Å². The molecule has 1 unspecified atom stereocenters. The van der Waals surface area contributed by atoms with E-state index in [9.17, 15) is 0 Å². The summed E-state index contributed by atoms with van der Waals surface area (Å²) in [6, 6.07) is 8.29. The molecule has 1 saturated heterocycles. The Morgan fingerprint density at radius 1 is 1.20 bits per heavy atom. The lowest BCUT2D eigenvalue weighted by Crippen LogP contribution is -2.44. The summed E-state index contributed by atoms with van der Waals surface area (Å²) in [6.45, 7) is 8.57. The monoisotopic (exact) mass is 366 g/mol. The van der Waals surface area contributed by atoms with Crippen molar-refractivity contribution in [1.29, 1.82) is 0 Å². The fraction of sp³-hybridized carbons (Fsp3) is 0.714. The van der Waals surface area contributed by atoms with Crippen molar-refractivity contribution in [3.63, 3.8) is 0 Å². The molecule has 0 spiro atoms. The number of hydrogen-bond acceptors (Lipinski definition) is 3. The van der Waals surface area contributed by atoms with Gasteiger partial charge in [-0.25, -0.2) is 0 Å². The van der Waals surface area contributed by atoms with Crippen LogP contribution in [0.4, 0.5) is 0 Å². The van der Waals surface area contributed by atoms with Crippen LogP contribution in [-0.2, 0) is 11.2 Å². The van der Waals surface area contributed by atoms with Crippen molar-refractivity contribution >= 4 is 11.6 Å². The maximum Gasteiger partial charge on any atom is 0.0631 e. The minimum absolute atomic E-state index is 0.0512. The van der Waals surface area contributed by atoms with Crippen molar-refractivity contribution in [2.45, 2.75) is 51.6 Å². The lowest BCUT2D eigenvalue weighted by molar-refractivity contribution is -0.107. The maximum absolute atomic E-state index is 6.46. The molecule has 1 aliphatic rings. The third kappa shape index (κ3) is 6.90. The Hall–Kier alpha value is -0.610. The van der Waals surface area contributed by atoms with Gasteiger partial charge in [-0.1, -0.05) is 29.8 Å². The Bertz CT molecular complexity index is 532. The van der Waals surface area contributed by atoms with Gasteiger partial charge in [-0.15, -0.1) is 0 Å². The third-order valence-electron chi connectivity index (χ3n) is 5.24. The highest BCUT2D eigenvalue weighted by atomic mass is 35.5. The molecule has 0 bridgehead atoms. The van der Waals surface area contributed by atoms with Crippen LogP contribution >= 0.6 is 11.6 Å². The van der Waals surface area contributed by atoms with E-state index in [1.165, 1.54) is 18.4 Å². The molecule has 2 rings (SSSR count). The largest absolute Gasteiger partial charge is 0.376 e. The molecule has 0 radical (unpaired) electrons. The van der Waals surface area contributed by atoms with Gasteiger partial charge in [-0.2, -0.15) is 0 Å². The van der Waals surface area contributed by atoms with Crippen LogP contribution in [0.1, 0.15) is 45.1 Å². The Morgan fingerprint density at radius 2 is 1.96 bits per heavy atom. The van der Waals surface area contributed by atoms with Crippen LogP contribution in [0.5, 0.6) is 0 Å². The first-order valence-corrected chi connectivity index (χ1v) is 9.93. The van der Waals surface area contributed by atoms with Gasteiger partial charge >= 0.3 is 0 Å². The molecule has 1 N–H and O–H groups in total. The maximum atomic E-state index is 6.46. The lowest BCUT2D eigenvalue weighted by Gasteiger charge is -2.45. The van der Waals surface area contributed by atoms with Crippen LogP contribution < -0.4 is 5.32 Å². The second kappa shape index (κ2) is 9.36. The van der Waals surface area contributed by atoms with Gasteiger partial charge in [-0.3, -0.25) is 0 Å². The van der Waals surface area contributed by atoms with Crippen molar-refractivity contribution in [1.82, 2.24) is 10.2 Å². The summed E-state index contributed by atoms with van der Waals surface area (Å²) in [4.78, 5) is 2.24. The predicted molar refractivity (Wildman–Crippen MR) is 108 cm³/mol. The molecule has 4 heteroatoms. The number of rotatable bonds is 9. The van der Waals surface area contributed by atoms with Crippen molar-refractivity contribution in [2.24, 2.45) is 5.41 Å². The SMILES string of the molecule is CN(C)CCCNCCC1(Cc2ccccc2Cl)CCOC(C)(C)C1. The summed E-state index contributed by atoms with van der Waals surface area (Å²) in [7, 11) is 4.26. The standard InChI is InChI=1S/C21H35ClN2O/c1-20(2)17-21(11-15-25-20,10-13-23-12-7-14-24(3)4)16-18-8-5-6-9-19(18)22/h5-6,8-9,23H,7,10-17H2,1-4H3. The number of nitrogens with zero attached hydrogens (tertiary/aromatic N) is 1. The molecule has 0 amide bonds. The zero-order valence-corrected chi connectivity index (χ0v) is 17.2. The minimum atomic E-state index is -0.0512. The van der Waals surface area contributed by atoms with E-state index in [-0.39, 0.29) is 11.0 Å². The second-order valence-corrected chi connectivity index (χ2v) is 8.87. The Kier molecular flexibility index (Phi) is 7.75. The van der Waals surface area contributed by atoms with E-state index in [4.69, 9.17) is 16.3 Å². The third-order valence-corrected chi connectivity index (χ3v) is 5.61. The number of hydrogen-bond donors (Lipinski definition) is 1. The van der Waals surface area contributed by atoms with Gasteiger partial charge in [0.1, 0.15) is 0 Å². The van der Waals surface area contributed by atoms with E-state index < -0.39 is 0 Å². The number of halogens is 1. The Balaban J connectivity index is 1.97. The van der Waals surface area contributed by atoms with Crippen LogP contribution in [0.2, 0.25) is 5.02 Å². The number of benzene rings is 1. The van der Waals surface area contributed by atoms with E-state index in [0.717, 1.165) is 50.5 Å². The molecule has 0 aliphatic carbocycles. The van der Waals surface area contributed by atoms with Crippen molar-refractivity contribution < 1.29 is 4.74 Å². The molecule has 25 heavy (non-hydrogen) atoms. The van der Waals surface area contributed by atoms with Gasteiger partial charge < -0.3 is 15.0 Å². The molecule has 1 aromatic rings. The van der Waals surface area contributed by atoms with Crippen molar-refractivity contribution in [2.75, 3.05) is 40.3 Å². The van der Waals surface area contributed by atoms with Crippen LogP contribution in [0.25, 0.3) is 0 Å². The van der Waals surface area contributed by atoms with Crippen LogP contribution in [0, 0.1) is 5.41 Å². The average Bonchev–Trinajstić information content (AvgIpc) is 2.52. The summed E-state index contributed by atoms with van der Waals surface area (Å²) in [6.07, 6.45) is 5.61. The van der Waals surface area contributed by atoms with Crippen molar-refractivity contribution in [3.8, 4) is 0 Å². The molecular weight excluding hydrogens is 332 g/mol. The van der Waals surface area contributed by atoms with Crippen LogP contribution in [0.15, 0.2) is 24.3 Å². The van der Waals surface area contributed by atoms with Gasteiger partial charge in [0.25, 0.3) is 0 Å². The van der Waals surface area contributed by atoms with Crippen LogP contribution in [0.3, 0.4) is 0 Å². The highest BCUT2D eigenvalue weighted by molar-refractivity contribution is 6.31. The van der Waals surface area contributed by atoms with Gasteiger partial charge in [-0.05, 0) is 96.7 Å². The normalized spacial score (nSPS) is 23.1. The quantitative estimate of drug-likeness (QED) is 0.656. The van der Waals surface area contributed by atoms with Crippen LogP contribution in [-0.4, -0.2) is 50.8 Å². The molecule has 1 heterocycles. The number of ether oxygens (including phenoxy) is 1. The highest BCUT2D eigenvalue weighted by Gasteiger charge is 2.40. The van der Waals surface area contributed by atoms with E-state index in [1.54, 1.807) is 0 Å². The lowest BCUT2D eigenvalue weighted by atomic mass is 9.68. The molecule has 0 saturated carbocycles. The average molecular weight is 367 g/mol. The van der Waals surface area contributed by atoms with Gasteiger partial charge in [0.15, 0.2) is 0 Å². The second-order valence-electron chi connectivity index (χ2n) is 8.46. The van der Waals surface area contributed by atoms with E-state index in [2.05, 4.69) is 50.3 Å². The summed E-state index contributed by atoms with van der Waals surface area (Å²) >= 11 is 6.46. The summed E-state index contributed by atoms with van der Waals surface area (Å²) < 4.78 is 6.00.